The average Bonchev–Trinajstić information content (AvgIpc) is 3.13. The number of rotatable bonds is 6. The lowest BCUT2D eigenvalue weighted by atomic mass is 9.84. The van der Waals surface area contributed by atoms with E-state index >= 15 is 0 Å². The number of ether oxygens (including phenoxy) is 3. The number of aryl methyl sites for hydroxylation is 1. The van der Waals surface area contributed by atoms with Gasteiger partial charge in [0.25, 0.3) is 0 Å². The number of nitriles is 1. The molecule has 1 aromatic heterocycles. The number of nitrogens with zero attached hydrogens (tertiary/aromatic N) is 3. The molecule has 2 heterocycles. The van der Waals surface area contributed by atoms with Crippen molar-refractivity contribution in [2.75, 3.05) is 13.7 Å². The zero-order chi connectivity index (χ0) is 22.0. The molecular weight excluding hydrogens is 392 g/mol. The second-order valence-electron chi connectivity index (χ2n) is 7.24. The van der Waals surface area contributed by atoms with Crippen molar-refractivity contribution in [3.8, 4) is 29.1 Å². The van der Waals surface area contributed by atoms with Gasteiger partial charge in [0.05, 0.1) is 36.6 Å². The van der Waals surface area contributed by atoms with Crippen LogP contribution in [0.5, 0.6) is 17.4 Å². The Balaban J connectivity index is 1.87. The maximum atomic E-state index is 9.88. The van der Waals surface area contributed by atoms with Crippen LogP contribution in [0.3, 0.4) is 0 Å². The molecule has 4 rings (SSSR count). The number of hydrogen-bond acceptors (Lipinski definition) is 6. The number of aromatic nitrogens is 2. The minimum atomic E-state index is -0.430. The van der Waals surface area contributed by atoms with Crippen molar-refractivity contribution in [1.29, 1.82) is 5.26 Å². The lowest BCUT2D eigenvalue weighted by molar-refractivity contribution is 0.294. The van der Waals surface area contributed by atoms with Gasteiger partial charge in [0.2, 0.25) is 11.8 Å². The maximum Gasteiger partial charge on any atom is 0.229 e. The van der Waals surface area contributed by atoms with Crippen LogP contribution < -0.4 is 19.9 Å². The van der Waals surface area contributed by atoms with Crippen LogP contribution in [0.25, 0.3) is 5.69 Å². The highest BCUT2D eigenvalue weighted by Crippen LogP contribution is 2.46. The lowest BCUT2D eigenvalue weighted by Gasteiger charge is -2.25. The third-order valence-electron chi connectivity index (χ3n) is 5.22. The fourth-order valence-corrected chi connectivity index (χ4v) is 3.79. The number of para-hydroxylation sites is 1. The van der Waals surface area contributed by atoms with Crippen LogP contribution in [-0.2, 0) is 0 Å². The number of nitrogens with two attached hydrogens (primary N) is 1. The van der Waals surface area contributed by atoms with E-state index < -0.39 is 5.92 Å². The molecule has 3 aromatic rings. The van der Waals surface area contributed by atoms with Gasteiger partial charge in [-0.1, -0.05) is 31.2 Å². The number of fused-ring (bicyclic) bond motifs is 1. The topological polar surface area (TPSA) is 95.3 Å². The van der Waals surface area contributed by atoms with Gasteiger partial charge in [0, 0.05) is 0 Å². The molecule has 0 unspecified atom stereocenters. The quantitative estimate of drug-likeness (QED) is 0.647. The smallest absolute Gasteiger partial charge is 0.229 e. The first kappa shape index (κ1) is 20.4. The van der Waals surface area contributed by atoms with Crippen LogP contribution in [-0.4, -0.2) is 23.5 Å². The fourth-order valence-electron chi connectivity index (χ4n) is 3.79. The van der Waals surface area contributed by atoms with Gasteiger partial charge in [0.1, 0.15) is 11.6 Å². The van der Waals surface area contributed by atoms with Crippen LogP contribution in [0.4, 0.5) is 0 Å². The van der Waals surface area contributed by atoms with Crippen molar-refractivity contribution < 1.29 is 14.2 Å². The molecule has 31 heavy (non-hydrogen) atoms. The first-order chi connectivity index (χ1) is 15.1. The first-order valence-corrected chi connectivity index (χ1v) is 10.1. The van der Waals surface area contributed by atoms with Crippen molar-refractivity contribution in [2.24, 2.45) is 5.73 Å². The van der Waals surface area contributed by atoms with E-state index in [1.54, 1.807) is 11.8 Å². The predicted octanol–water partition coefficient (Wildman–Crippen LogP) is 4.20. The van der Waals surface area contributed by atoms with Crippen molar-refractivity contribution >= 4 is 0 Å². The molecule has 7 nitrogen and oxygen atoms in total. The molecule has 2 N–H and O–H groups in total. The van der Waals surface area contributed by atoms with Gasteiger partial charge in [-0.25, -0.2) is 4.68 Å². The Kier molecular flexibility index (Phi) is 5.54. The zero-order valence-corrected chi connectivity index (χ0v) is 17.8. The summed E-state index contributed by atoms with van der Waals surface area (Å²) in [6.07, 6.45) is 0.893. The minimum Gasteiger partial charge on any atom is -0.493 e. The Labute approximate surface area is 181 Å². The molecular formula is C24H24N4O3. The molecule has 0 fully saturated rings. The summed E-state index contributed by atoms with van der Waals surface area (Å²) in [5.74, 6) is 1.41. The Morgan fingerprint density at radius 3 is 2.65 bits per heavy atom. The second-order valence-corrected chi connectivity index (χ2v) is 7.24. The van der Waals surface area contributed by atoms with E-state index in [0.717, 1.165) is 28.9 Å². The molecule has 1 aliphatic rings. The molecule has 1 aliphatic heterocycles. The largest absolute Gasteiger partial charge is 0.493 e. The zero-order valence-electron chi connectivity index (χ0n) is 17.8. The summed E-state index contributed by atoms with van der Waals surface area (Å²) in [5, 5.41) is 14.6. The molecule has 0 saturated carbocycles. The highest BCUT2D eigenvalue weighted by atomic mass is 16.5. The molecule has 1 atom stereocenters. The van der Waals surface area contributed by atoms with Gasteiger partial charge in [-0.3, -0.25) is 0 Å². The summed E-state index contributed by atoms with van der Waals surface area (Å²) < 4.78 is 19.0. The summed E-state index contributed by atoms with van der Waals surface area (Å²) >= 11 is 0. The number of benzene rings is 2. The van der Waals surface area contributed by atoms with E-state index in [1.165, 1.54) is 0 Å². The number of hydrogen-bond donors (Lipinski definition) is 1. The molecule has 7 heteroatoms. The third kappa shape index (κ3) is 3.57. The van der Waals surface area contributed by atoms with E-state index in [1.807, 2.05) is 62.4 Å². The fraction of sp³-hybridized carbons (Fsp3) is 0.250. The molecule has 0 aliphatic carbocycles. The summed E-state index contributed by atoms with van der Waals surface area (Å²) in [7, 11) is 1.60. The van der Waals surface area contributed by atoms with E-state index in [9.17, 15) is 5.26 Å². The third-order valence-corrected chi connectivity index (χ3v) is 5.22. The van der Waals surface area contributed by atoms with E-state index in [0.29, 0.717) is 29.6 Å². The summed E-state index contributed by atoms with van der Waals surface area (Å²) in [6, 6.07) is 17.6. The summed E-state index contributed by atoms with van der Waals surface area (Å²) in [4.78, 5) is 0. The normalized spacial score (nSPS) is 15.1. The van der Waals surface area contributed by atoms with Gasteiger partial charge in [-0.05, 0) is 43.2 Å². The second kappa shape index (κ2) is 8.44. The van der Waals surface area contributed by atoms with Crippen LogP contribution in [0.15, 0.2) is 60.0 Å². The van der Waals surface area contributed by atoms with E-state index in [2.05, 4.69) is 11.2 Å². The van der Waals surface area contributed by atoms with Gasteiger partial charge < -0.3 is 19.9 Å². The SMILES string of the molecule is CCCOc1ccc([C@H]2C(C#N)=C(N)Oc3c2c(C)nn3-c2ccccc2)cc1OC. The molecule has 0 bridgehead atoms. The van der Waals surface area contributed by atoms with E-state index in [-0.39, 0.29) is 5.88 Å². The van der Waals surface area contributed by atoms with Crippen molar-refractivity contribution in [3.05, 3.63) is 76.8 Å². The Morgan fingerprint density at radius 1 is 1.19 bits per heavy atom. The van der Waals surface area contributed by atoms with Crippen molar-refractivity contribution in [1.82, 2.24) is 9.78 Å². The standard InChI is InChI=1S/C24H24N4O3/c1-4-12-30-19-11-10-16(13-20(19)29-3)22-18(14-25)23(26)31-24-21(22)15(2)27-28(24)17-8-6-5-7-9-17/h5-11,13,22H,4,12,26H2,1-3H3/t22-/m0/s1. The van der Waals surface area contributed by atoms with Crippen LogP contribution in [0, 0.1) is 18.3 Å². The van der Waals surface area contributed by atoms with Crippen molar-refractivity contribution in [3.63, 3.8) is 0 Å². The average molecular weight is 416 g/mol. The Morgan fingerprint density at radius 2 is 1.97 bits per heavy atom. The van der Waals surface area contributed by atoms with E-state index in [4.69, 9.17) is 19.9 Å². The maximum absolute atomic E-state index is 9.88. The first-order valence-electron chi connectivity index (χ1n) is 10.1. The monoisotopic (exact) mass is 416 g/mol. The Bertz CT molecular complexity index is 1180. The van der Waals surface area contributed by atoms with Gasteiger partial charge in [-0.15, -0.1) is 0 Å². The summed E-state index contributed by atoms with van der Waals surface area (Å²) in [5.41, 5.74) is 9.79. The van der Waals surface area contributed by atoms with Gasteiger partial charge in [-0.2, -0.15) is 10.4 Å². The highest BCUT2D eigenvalue weighted by Gasteiger charge is 2.36. The van der Waals surface area contributed by atoms with Crippen LogP contribution >= 0.6 is 0 Å². The number of methoxy groups -OCH3 is 1. The molecule has 158 valence electrons. The molecule has 0 spiro atoms. The predicted molar refractivity (Wildman–Crippen MR) is 116 cm³/mol. The lowest BCUT2D eigenvalue weighted by Crippen LogP contribution is -2.22. The van der Waals surface area contributed by atoms with Gasteiger partial charge in [0.15, 0.2) is 11.5 Å². The number of allylic oxidation sites excluding steroid dienone is 1. The summed E-state index contributed by atoms with van der Waals surface area (Å²) in [6.45, 7) is 4.54. The Hall–Kier alpha value is -3.92. The molecule has 0 amide bonds. The van der Waals surface area contributed by atoms with Gasteiger partial charge >= 0.3 is 0 Å². The molecule has 2 aromatic carbocycles. The molecule has 0 saturated heterocycles. The molecule has 0 radical (unpaired) electrons. The minimum absolute atomic E-state index is 0.0716. The highest BCUT2D eigenvalue weighted by molar-refractivity contribution is 5.59. The van der Waals surface area contributed by atoms with Crippen molar-refractivity contribution in [2.45, 2.75) is 26.2 Å². The van der Waals surface area contributed by atoms with Crippen LogP contribution in [0.2, 0.25) is 0 Å². The van der Waals surface area contributed by atoms with Crippen LogP contribution in [0.1, 0.15) is 36.1 Å².